The fraction of sp³-hybridized carbons (Fsp3) is 0.333. The highest BCUT2D eigenvalue weighted by Gasteiger charge is 2.52. The van der Waals surface area contributed by atoms with Crippen LogP contribution >= 0.6 is 0 Å². The summed E-state index contributed by atoms with van der Waals surface area (Å²) in [7, 11) is 0. The Kier molecular flexibility index (Phi) is 2.61. The summed E-state index contributed by atoms with van der Waals surface area (Å²) in [5.74, 6) is 0.0138. The first-order valence-electron chi connectivity index (χ1n) is 7.45. The molecule has 2 atom stereocenters. The van der Waals surface area contributed by atoms with Gasteiger partial charge in [-0.05, 0) is 30.9 Å². The van der Waals surface area contributed by atoms with E-state index >= 15 is 0 Å². The second kappa shape index (κ2) is 4.32. The van der Waals surface area contributed by atoms with Gasteiger partial charge in [0.1, 0.15) is 6.10 Å². The summed E-state index contributed by atoms with van der Waals surface area (Å²) in [6.07, 6.45) is 2.87. The maximum atomic E-state index is 12.7. The summed E-state index contributed by atoms with van der Waals surface area (Å²) in [6.45, 7) is 3.47. The summed E-state index contributed by atoms with van der Waals surface area (Å²) >= 11 is 0. The number of fused-ring (bicyclic) bond motifs is 2. The molecule has 0 radical (unpaired) electrons. The Hall–Kier alpha value is -2.36. The number of ether oxygens (including phenoxy) is 1. The third kappa shape index (κ3) is 1.52. The molecule has 112 valence electrons. The van der Waals surface area contributed by atoms with Crippen LogP contribution in [-0.2, 0) is 21.4 Å². The fourth-order valence-corrected chi connectivity index (χ4v) is 3.99. The summed E-state index contributed by atoms with van der Waals surface area (Å²) in [5.41, 5.74) is 2.96. The van der Waals surface area contributed by atoms with Crippen molar-refractivity contribution < 1.29 is 18.7 Å². The van der Waals surface area contributed by atoms with Crippen LogP contribution in [-0.4, -0.2) is 17.9 Å². The van der Waals surface area contributed by atoms with E-state index in [0.717, 1.165) is 29.5 Å². The molecule has 0 fully saturated rings. The summed E-state index contributed by atoms with van der Waals surface area (Å²) in [4.78, 5) is 24.2. The van der Waals surface area contributed by atoms with E-state index in [1.807, 2.05) is 31.2 Å². The van der Waals surface area contributed by atoms with Crippen molar-refractivity contribution in [3.8, 4) is 0 Å². The number of benzene rings is 1. The van der Waals surface area contributed by atoms with Crippen LogP contribution in [0.2, 0.25) is 0 Å². The molecule has 0 aliphatic heterocycles. The lowest BCUT2D eigenvalue weighted by Gasteiger charge is -2.43. The number of esters is 1. The van der Waals surface area contributed by atoms with Crippen LogP contribution in [0.3, 0.4) is 0 Å². The van der Waals surface area contributed by atoms with Crippen LogP contribution in [0, 0.1) is 0 Å². The molecule has 2 aliphatic rings. The number of hydrogen-bond donors (Lipinski definition) is 0. The maximum absolute atomic E-state index is 12.7. The van der Waals surface area contributed by atoms with Gasteiger partial charge in [-0.1, -0.05) is 24.3 Å². The van der Waals surface area contributed by atoms with Crippen LogP contribution in [0.25, 0.3) is 0 Å². The van der Waals surface area contributed by atoms with Crippen molar-refractivity contribution in [2.24, 2.45) is 0 Å². The first-order valence-corrected chi connectivity index (χ1v) is 7.45. The molecule has 0 saturated carbocycles. The highest BCUT2D eigenvalue weighted by Crippen LogP contribution is 2.50. The van der Waals surface area contributed by atoms with Crippen molar-refractivity contribution in [2.75, 3.05) is 0 Å². The lowest BCUT2D eigenvalue weighted by molar-refractivity contribution is -0.149. The predicted octanol–water partition coefficient (Wildman–Crippen LogP) is 3.01. The molecule has 2 unspecified atom stereocenters. The Bertz CT molecular complexity index is 801. The Balaban J connectivity index is 2.01. The molecule has 1 aromatic heterocycles. The third-order valence-electron chi connectivity index (χ3n) is 4.95. The molecule has 0 saturated heterocycles. The van der Waals surface area contributed by atoms with Crippen molar-refractivity contribution in [2.45, 2.75) is 38.2 Å². The molecule has 4 rings (SSSR count). The SMILES string of the molecule is CC(=O)OC1CCc2coc3c2C1(C)c1ccccc1C3=O. The van der Waals surface area contributed by atoms with Crippen molar-refractivity contribution in [1.29, 1.82) is 0 Å². The first-order chi connectivity index (χ1) is 10.5. The van der Waals surface area contributed by atoms with Crippen molar-refractivity contribution in [3.05, 3.63) is 58.5 Å². The van der Waals surface area contributed by atoms with Gasteiger partial charge < -0.3 is 9.15 Å². The molecular formula is C18H16O4. The van der Waals surface area contributed by atoms with Gasteiger partial charge in [-0.2, -0.15) is 0 Å². The molecule has 22 heavy (non-hydrogen) atoms. The highest BCUT2D eigenvalue weighted by molar-refractivity contribution is 6.11. The average Bonchev–Trinajstić information content (AvgIpc) is 2.93. The van der Waals surface area contributed by atoms with Gasteiger partial charge in [-0.15, -0.1) is 0 Å². The minimum Gasteiger partial charge on any atom is -0.461 e. The normalized spacial score (nSPS) is 25.4. The summed E-state index contributed by atoms with van der Waals surface area (Å²) < 4.78 is 11.2. The number of carbonyl (C=O) groups is 2. The molecule has 2 aliphatic carbocycles. The van der Waals surface area contributed by atoms with Crippen molar-refractivity contribution in [1.82, 2.24) is 0 Å². The largest absolute Gasteiger partial charge is 0.461 e. The fourth-order valence-electron chi connectivity index (χ4n) is 3.99. The molecule has 2 aromatic rings. The van der Waals surface area contributed by atoms with Gasteiger partial charge in [0.05, 0.1) is 11.7 Å². The molecule has 4 heteroatoms. The van der Waals surface area contributed by atoms with Crippen molar-refractivity contribution in [3.63, 3.8) is 0 Å². The molecule has 0 bridgehead atoms. The molecule has 1 heterocycles. The van der Waals surface area contributed by atoms with E-state index in [0.29, 0.717) is 11.3 Å². The Morgan fingerprint density at radius 2 is 2.14 bits per heavy atom. The van der Waals surface area contributed by atoms with Gasteiger partial charge in [0.15, 0.2) is 5.76 Å². The van der Waals surface area contributed by atoms with E-state index in [-0.39, 0.29) is 17.9 Å². The van der Waals surface area contributed by atoms with E-state index in [4.69, 9.17) is 9.15 Å². The van der Waals surface area contributed by atoms with Gasteiger partial charge in [-0.3, -0.25) is 9.59 Å². The summed E-state index contributed by atoms with van der Waals surface area (Å²) in [5, 5.41) is 0. The van der Waals surface area contributed by atoms with Crippen LogP contribution < -0.4 is 0 Å². The van der Waals surface area contributed by atoms with E-state index in [2.05, 4.69) is 0 Å². The van der Waals surface area contributed by atoms with E-state index in [9.17, 15) is 9.59 Å². The zero-order valence-corrected chi connectivity index (χ0v) is 12.5. The maximum Gasteiger partial charge on any atom is 0.302 e. The highest BCUT2D eigenvalue weighted by atomic mass is 16.5. The quantitative estimate of drug-likeness (QED) is 0.759. The van der Waals surface area contributed by atoms with Gasteiger partial charge in [0, 0.05) is 18.1 Å². The molecule has 1 aromatic carbocycles. The van der Waals surface area contributed by atoms with E-state index in [1.54, 1.807) is 6.26 Å². The first kappa shape index (κ1) is 13.3. The van der Waals surface area contributed by atoms with Gasteiger partial charge in [-0.25, -0.2) is 0 Å². The number of rotatable bonds is 1. The Morgan fingerprint density at radius 1 is 1.36 bits per heavy atom. The van der Waals surface area contributed by atoms with Crippen molar-refractivity contribution >= 4 is 11.8 Å². The van der Waals surface area contributed by atoms with Crippen LogP contribution in [0.5, 0.6) is 0 Å². The number of furan rings is 1. The summed E-state index contributed by atoms with van der Waals surface area (Å²) in [6, 6.07) is 7.53. The minimum absolute atomic E-state index is 0.0854. The molecular weight excluding hydrogens is 280 g/mol. The smallest absolute Gasteiger partial charge is 0.302 e. The second-order valence-corrected chi connectivity index (χ2v) is 6.18. The second-order valence-electron chi connectivity index (χ2n) is 6.18. The van der Waals surface area contributed by atoms with Crippen LogP contribution in [0.4, 0.5) is 0 Å². The van der Waals surface area contributed by atoms with E-state index in [1.165, 1.54) is 6.92 Å². The monoisotopic (exact) mass is 296 g/mol. The number of carbonyl (C=O) groups excluding carboxylic acids is 2. The molecule has 0 N–H and O–H groups in total. The number of aryl methyl sites for hydroxylation is 1. The van der Waals surface area contributed by atoms with Gasteiger partial charge in [0.2, 0.25) is 5.78 Å². The number of hydrogen-bond acceptors (Lipinski definition) is 4. The predicted molar refractivity (Wildman–Crippen MR) is 78.9 cm³/mol. The Morgan fingerprint density at radius 3 is 2.91 bits per heavy atom. The number of ketones is 1. The van der Waals surface area contributed by atoms with Crippen LogP contribution in [0.1, 0.15) is 53.1 Å². The minimum atomic E-state index is -0.536. The zero-order chi connectivity index (χ0) is 15.5. The lowest BCUT2D eigenvalue weighted by Crippen LogP contribution is -2.47. The van der Waals surface area contributed by atoms with Crippen LogP contribution in [0.15, 0.2) is 34.9 Å². The van der Waals surface area contributed by atoms with Gasteiger partial charge >= 0.3 is 5.97 Å². The van der Waals surface area contributed by atoms with E-state index < -0.39 is 5.41 Å². The molecule has 4 nitrogen and oxygen atoms in total. The zero-order valence-electron chi connectivity index (χ0n) is 12.5. The Labute approximate surface area is 128 Å². The molecule has 0 amide bonds. The third-order valence-corrected chi connectivity index (χ3v) is 4.95. The lowest BCUT2D eigenvalue weighted by atomic mass is 9.61. The van der Waals surface area contributed by atoms with Gasteiger partial charge in [0.25, 0.3) is 0 Å². The molecule has 0 spiro atoms. The standard InChI is InChI=1S/C18H16O4/c1-10(19)22-14-8-7-11-9-21-17-15(11)18(14,2)13-6-4-3-5-12(13)16(17)20/h3-6,9,14H,7-8H2,1-2H3. The topological polar surface area (TPSA) is 56.5 Å². The average molecular weight is 296 g/mol.